The number of hydrogen-bond acceptors (Lipinski definition) is 4. The summed E-state index contributed by atoms with van der Waals surface area (Å²) in [4.78, 5) is 16.0. The second-order valence-electron chi connectivity index (χ2n) is 4.96. The molecule has 2 aromatic heterocycles. The van der Waals surface area contributed by atoms with Crippen molar-refractivity contribution in [3.05, 3.63) is 42.4 Å². The van der Waals surface area contributed by atoms with E-state index in [-0.39, 0.29) is 11.8 Å². The number of pyridine rings is 1. The van der Waals surface area contributed by atoms with Gasteiger partial charge in [0.2, 0.25) is 5.91 Å². The van der Waals surface area contributed by atoms with Crippen molar-refractivity contribution < 1.29 is 4.79 Å². The third-order valence-corrected chi connectivity index (χ3v) is 3.04. The molecule has 0 unspecified atom stereocenters. The fourth-order valence-corrected chi connectivity index (χ4v) is 1.71. The van der Waals surface area contributed by atoms with Gasteiger partial charge in [-0.3, -0.25) is 4.79 Å². The minimum Gasteiger partial charge on any atom is -0.351 e. The van der Waals surface area contributed by atoms with E-state index < -0.39 is 6.04 Å². The van der Waals surface area contributed by atoms with Gasteiger partial charge in [0.1, 0.15) is 0 Å². The predicted molar refractivity (Wildman–Crippen MR) is 76.0 cm³/mol. The lowest BCUT2D eigenvalue weighted by Crippen LogP contribution is -2.43. The summed E-state index contributed by atoms with van der Waals surface area (Å²) in [5.41, 5.74) is 6.75. The molecule has 0 bridgehead atoms. The van der Waals surface area contributed by atoms with Gasteiger partial charge in [-0.05, 0) is 29.7 Å². The normalized spacial score (nSPS) is 12.4. The number of nitrogens with two attached hydrogens (primary N) is 1. The minimum atomic E-state index is -0.484. The predicted octanol–water partition coefficient (Wildman–Crippen LogP) is 0.867. The van der Waals surface area contributed by atoms with Crippen LogP contribution >= 0.6 is 0 Å². The van der Waals surface area contributed by atoms with Crippen LogP contribution in [0.3, 0.4) is 0 Å². The SMILES string of the molecule is CC(C)[C@H](N)C(=O)NCc1ccnc(-n2cccn2)c1. The van der Waals surface area contributed by atoms with E-state index in [1.54, 1.807) is 17.1 Å². The molecule has 0 aliphatic rings. The molecule has 2 heterocycles. The van der Waals surface area contributed by atoms with Gasteiger partial charge in [0.15, 0.2) is 5.82 Å². The molecule has 0 spiro atoms. The molecule has 6 nitrogen and oxygen atoms in total. The first kappa shape index (κ1) is 14.2. The van der Waals surface area contributed by atoms with Crippen molar-refractivity contribution in [3.8, 4) is 5.82 Å². The maximum Gasteiger partial charge on any atom is 0.237 e. The number of nitrogens with zero attached hydrogens (tertiary/aromatic N) is 3. The molecule has 1 amide bonds. The number of amides is 1. The Morgan fingerprint density at radius 3 is 2.90 bits per heavy atom. The molecule has 2 aromatic rings. The zero-order chi connectivity index (χ0) is 14.5. The molecule has 0 radical (unpaired) electrons. The summed E-state index contributed by atoms with van der Waals surface area (Å²) in [5.74, 6) is 0.694. The summed E-state index contributed by atoms with van der Waals surface area (Å²) in [6, 6.07) is 5.09. The largest absolute Gasteiger partial charge is 0.351 e. The van der Waals surface area contributed by atoms with Gasteiger partial charge in [-0.15, -0.1) is 0 Å². The van der Waals surface area contributed by atoms with Gasteiger partial charge in [0.25, 0.3) is 0 Å². The van der Waals surface area contributed by atoms with Crippen molar-refractivity contribution in [1.29, 1.82) is 0 Å². The van der Waals surface area contributed by atoms with E-state index in [0.29, 0.717) is 6.54 Å². The fourth-order valence-electron chi connectivity index (χ4n) is 1.71. The van der Waals surface area contributed by atoms with Crippen LogP contribution in [0, 0.1) is 5.92 Å². The molecular weight excluding hydrogens is 254 g/mol. The molecule has 0 saturated carbocycles. The molecule has 0 aromatic carbocycles. The van der Waals surface area contributed by atoms with Crippen molar-refractivity contribution in [3.63, 3.8) is 0 Å². The topological polar surface area (TPSA) is 85.8 Å². The molecule has 0 saturated heterocycles. The lowest BCUT2D eigenvalue weighted by Gasteiger charge is -2.15. The van der Waals surface area contributed by atoms with Crippen LogP contribution in [-0.4, -0.2) is 26.7 Å². The second kappa shape index (κ2) is 6.29. The van der Waals surface area contributed by atoms with Crippen LogP contribution in [0.2, 0.25) is 0 Å². The van der Waals surface area contributed by atoms with Crippen molar-refractivity contribution >= 4 is 5.91 Å². The molecule has 3 N–H and O–H groups in total. The zero-order valence-electron chi connectivity index (χ0n) is 11.7. The maximum absolute atomic E-state index is 11.8. The number of aromatic nitrogens is 3. The quantitative estimate of drug-likeness (QED) is 0.846. The average molecular weight is 273 g/mol. The maximum atomic E-state index is 11.8. The standard InChI is InChI=1S/C14H19N5O/c1-10(2)13(15)14(20)17-9-11-4-6-16-12(8-11)19-7-3-5-18-19/h3-8,10,13H,9,15H2,1-2H3,(H,17,20)/t13-/m0/s1. The molecule has 0 aliphatic heterocycles. The van der Waals surface area contributed by atoms with E-state index in [4.69, 9.17) is 5.73 Å². The Kier molecular flexibility index (Phi) is 4.47. The van der Waals surface area contributed by atoms with E-state index in [1.807, 2.05) is 38.2 Å². The molecule has 1 atom stereocenters. The highest BCUT2D eigenvalue weighted by Crippen LogP contribution is 2.06. The lowest BCUT2D eigenvalue weighted by atomic mass is 10.1. The van der Waals surface area contributed by atoms with Gasteiger partial charge < -0.3 is 11.1 Å². The zero-order valence-corrected chi connectivity index (χ0v) is 11.7. The van der Waals surface area contributed by atoms with Crippen LogP contribution in [0.4, 0.5) is 0 Å². The first-order valence-corrected chi connectivity index (χ1v) is 6.56. The Labute approximate surface area is 118 Å². The number of hydrogen-bond donors (Lipinski definition) is 2. The van der Waals surface area contributed by atoms with Crippen molar-refractivity contribution in [2.24, 2.45) is 11.7 Å². The monoisotopic (exact) mass is 273 g/mol. The van der Waals surface area contributed by atoms with Crippen LogP contribution in [0.15, 0.2) is 36.8 Å². The van der Waals surface area contributed by atoms with E-state index in [0.717, 1.165) is 11.4 Å². The average Bonchev–Trinajstić information content (AvgIpc) is 2.98. The summed E-state index contributed by atoms with van der Waals surface area (Å²) < 4.78 is 1.67. The van der Waals surface area contributed by atoms with Gasteiger partial charge in [-0.2, -0.15) is 5.10 Å². The smallest absolute Gasteiger partial charge is 0.237 e. The molecule has 20 heavy (non-hydrogen) atoms. The number of rotatable bonds is 5. The molecule has 0 aliphatic carbocycles. The summed E-state index contributed by atoms with van der Waals surface area (Å²) >= 11 is 0. The van der Waals surface area contributed by atoms with Gasteiger partial charge in [-0.25, -0.2) is 9.67 Å². The van der Waals surface area contributed by atoms with Crippen LogP contribution < -0.4 is 11.1 Å². The van der Waals surface area contributed by atoms with E-state index in [1.165, 1.54) is 0 Å². The molecule has 6 heteroatoms. The number of carbonyl (C=O) groups excluding carboxylic acids is 1. The number of nitrogens with one attached hydrogen (secondary N) is 1. The third-order valence-electron chi connectivity index (χ3n) is 3.04. The van der Waals surface area contributed by atoms with E-state index in [2.05, 4.69) is 15.4 Å². The van der Waals surface area contributed by atoms with Crippen LogP contribution in [0.5, 0.6) is 0 Å². The van der Waals surface area contributed by atoms with Crippen LogP contribution in [-0.2, 0) is 11.3 Å². The molecule has 0 fully saturated rings. The Morgan fingerprint density at radius 2 is 2.25 bits per heavy atom. The van der Waals surface area contributed by atoms with Crippen molar-refractivity contribution in [1.82, 2.24) is 20.1 Å². The van der Waals surface area contributed by atoms with Gasteiger partial charge in [0.05, 0.1) is 6.04 Å². The summed E-state index contributed by atoms with van der Waals surface area (Å²) in [5, 5.41) is 6.95. The Bertz CT molecular complexity index is 565. The Balaban J connectivity index is 2.01. The van der Waals surface area contributed by atoms with Crippen molar-refractivity contribution in [2.75, 3.05) is 0 Å². The van der Waals surface area contributed by atoms with Crippen LogP contribution in [0.1, 0.15) is 19.4 Å². The van der Waals surface area contributed by atoms with Gasteiger partial charge in [-0.1, -0.05) is 13.8 Å². The first-order chi connectivity index (χ1) is 9.58. The highest BCUT2D eigenvalue weighted by atomic mass is 16.2. The van der Waals surface area contributed by atoms with Gasteiger partial charge >= 0.3 is 0 Å². The summed E-state index contributed by atoms with van der Waals surface area (Å²) in [6.07, 6.45) is 5.21. The highest BCUT2D eigenvalue weighted by Gasteiger charge is 2.16. The molecule has 2 rings (SSSR count). The summed E-state index contributed by atoms with van der Waals surface area (Å²) in [6.45, 7) is 4.27. The lowest BCUT2D eigenvalue weighted by molar-refractivity contribution is -0.123. The molecular formula is C14H19N5O. The third kappa shape index (κ3) is 3.42. The van der Waals surface area contributed by atoms with Crippen LogP contribution in [0.25, 0.3) is 5.82 Å². The number of carbonyl (C=O) groups is 1. The van der Waals surface area contributed by atoms with E-state index in [9.17, 15) is 4.79 Å². The minimum absolute atomic E-state index is 0.118. The fraction of sp³-hybridized carbons (Fsp3) is 0.357. The highest BCUT2D eigenvalue weighted by molar-refractivity contribution is 5.81. The Morgan fingerprint density at radius 1 is 1.45 bits per heavy atom. The van der Waals surface area contributed by atoms with E-state index >= 15 is 0 Å². The van der Waals surface area contributed by atoms with Gasteiger partial charge in [0, 0.05) is 25.1 Å². The van der Waals surface area contributed by atoms with Crippen molar-refractivity contribution in [2.45, 2.75) is 26.4 Å². The summed E-state index contributed by atoms with van der Waals surface area (Å²) in [7, 11) is 0. The Hall–Kier alpha value is -2.21. The molecule has 106 valence electrons. The second-order valence-corrected chi connectivity index (χ2v) is 4.96. The first-order valence-electron chi connectivity index (χ1n) is 6.56.